The highest BCUT2D eigenvalue weighted by atomic mass is 16.5. The highest BCUT2D eigenvalue weighted by Gasteiger charge is 2.17. The van der Waals surface area contributed by atoms with Crippen molar-refractivity contribution in [3.63, 3.8) is 0 Å². The molecule has 5 nitrogen and oxygen atoms in total. The number of amides is 1. The molecule has 0 saturated carbocycles. The van der Waals surface area contributed by atoms with Gasteiger partial charge in [-0.2, -0.15) is 0 Å². The second-order valence-electron chi connectivity index (χ2n) is 5.59. The molecule has 1 atom stereocenters. The molecule has 1 aromatic carbocycles. The lowest BCUT2D eigenvalue weighted by Gasteiger charge is -2.22. The maximum Gasteiger partial charge on any atom is 0.258 e. The van der Waals surface area contributed by atoms with E-state index in [-0.39, 0.29) is 18.6 Å². The van der Waals surface area contributed by atoms with E-state index in [2.05, 4.69) is 12.2 Å². The first kappa shape index (κ1) is 17.1. The molecule has 2 aromatic rings. The average Bonchev–Trinajstić information content (AvgIpc) is 3.07. The van der Waals surface area contributed by atoms with Crippen molar-refractivity contribution in [1.29, 1.82) is 0 Å². The molecular formula is C18H24N2O3. The predicted octanol–water partition coefficient (Wildman–Crippen LogP) is 2.64. The third-order valence-corrected chi connectivity index (χ3v) is 3.69. The van der Waals surface area contributed by atoms with E-state index in [1.165, 1.54) is 5.56 Å². The lowest BCUT2D eigenvalue weighted by Crippen LogP contribution is -2.36. The van der Waals surface area contributed by atoms with Gasteiger partial charge in [-0.3, -0.25) is 9.69 Å². The molecule has 0 aliphatic carbocycles. The summed E-state index contributed by atoms with van der Waals surface area (Å²) < 4.78 is 10.9. The SMILES string of the molecule is CCc1ccc(OCC(=O)NC[C@@H](c2ccco2)N(C)C)cc1. The molecule has 0 fully saturated rings. The maximum atomic E-state index is 12.0. The van der Waals surface area contributed by atoms with Crippen molar-refractivity contribution in [1.82, 2.24) is 10.2 Å². The normalized spacial score (nSPS) is 12.2. The van der Waals surface area contributed by atoms with Gasteiger partial charge < -0.3 is 14.5 Å². The van der Waals surface area contributed by atoms with Crippen LogP contribution in [0.4, 0.5) is 0 Å². The van der Waals surface area contributed by atoms with Gasteiger partial charge in [0.2, 0.25) is 0 Å². The van der Waals surface area contributed by atoms with E-state index in [1.807, 2.05) is 55.4 Å². The van der Waals surface area contributed by atoms with E-state index in [4.69, 9.17) is 9.15 Å². The van der Waals surface area contributed by atoms with Crippen molar-refractivity contribution >= 4 is 5.91 Å². The summed E-state index contributed by atoms with van der Waals surface area (Å²) in [5, 5.41) is 2.88. The number of carbonyl (C=O) groups excluding carboxylic acids is 1. The van der Waals surface area contributed by atoms with Gasteiger partial charge in [-0.15, -0.1) is 0 Å². The summed E-state index contributed by atoms with van der Waals surface area (Å²) in [5.74, 6) is 1.38. The van der Waals surface area contributed by atoms with Gasteiger partial charge in [-0.25, -0.2) is 0 Å². The zero-order valence-electron chi connectivity index (χ0n) is 13.9. The minimum Gasteiger partial charge on any atom is -0.484 e. The first-order valence-electron chi connectivity index (χ1n) is 7.78. The first-order valence-corrected chi connectivity index (χ1v) is 7.78. The van der Waals surface area contributed by atoms with Crippen LogP contribution in [-0.2, 0) is 11.2 Å². The fourth-order valence-electron chi connectivity index (χ4n) is 2.25. The second-order valence-corrected chi connectivity index (χ2v) is 5.59. The molecule has 1 N–H and O–H groups in total. The first-order chi connectivity index (χ1) is 11.1. The molecule has 0 bridgehead atoms. The van der Waals surface area contributed by atoms with Crippen LogP contribution >= 0.6 is 0 Å². The maximum absolute atomic E-state index is 12.0. The minimum atomic E-state index is -0.150. The Hall–Kier alpha value is -2.27. The van der Waals surface area contributed by atoms with Gasteiger partial charge >= 0.3 is 0 Å². The van der Waals surface area contributed by atoms with Crippen molar-refractivity contribution in [2.45, 2.75) is 19.4 Å². The van der Waals surface area contributed by atoms with Crippen LogP contribution in [0.5, 0.6) is 5.75 Å². The molecule has 0 saturated heterocycles. The van der Waals surface area contributed by atoms with Crippen LogP contribution in [0.3, 0.4) is 0 Å². The molecule has 1 aromatic heterocycles. The van der Waals surface area contributed by atoms with Crippen LogP contribution in [0.2, 0.25) is 0 Å². The number of rotatable bonds is 8. The zero-order valence-corrected chi connectivity index (χ0v) is 13.9. The molecule has 5 heteroatoms. The molecule has 1 heterocycles. The number of nitrogens with one attached hydrogen (secondary N) is 1. The van der Waals surface area contributed by atoms with Gasteiger partial charge in [0.1, 0.15) is 11.5 Å². The van der Waals surface area contributed by atoms with Crippen molar-refractivity contribution in [2.75, 3.05) is 27.2 Å². The Morgan fingerprint density at radius 1 is 1.26 bits per heavy atom. The summed E-state index contributed by atoms with van der Waals surface area (Å²) in [6, 6.07) is 11.5. The molecule has 2 rings (SSSR count). The van der Waals surface area contributed by atoms with Gasteiger partial charge in [-0.1, -0.05) is 19.1 Å². The Balaban J connectivity index is 1.79. The van der Waals surface area contributed by atoms with Gasteiger partial charge in [0.15, 0.2) is 6.61 Å². The van der Waals surface area contributed by atoms with Gasteiger partial charge in [0.05, 0.1) is 12.3 Å². The average molecular weight is 316 g/mol. The minimum absolute atomic E-state index is 0.00205. The van der Waals surface area contributed by atoms with Crippen molar-refractivity contribution < 1.29 is 13.9 Å². The molecule has 0 unspecified atom stereocenters. The third-order valence-electron chi connectivity index (χ3n) is 3.69. The number of hydrogen-bond donors (Lipinski definition) is 1. The van der Waals surface area contributed by atoms with Crippen LogP contribution in [-0.4, -0.2) is 38.1 Å². The fraction of sp³-hybridized carbons (Fsp3) is 0.389. The molecule has 0 spiro atoms. The van der Waals surface area contributed by atoms with Crippen LogP contribution in [0, 0.1) is 0 Å². The van der Waals surface area contributed by atoms with E-state index in [9.17, 15) is 4.79 Å². The second kappa shape index (κ2) is 8.39. The van der Waals surface area contributed by atoms with Gasteiger partial charge in [0, 0.05) is 6.54 Å². The number of furan rings is 1. The zero-order chi connectivity index (χ0) is 16.7. The summed E-state index contributed by atoms with van der Waals surface area (Å²) in [7, 11) is 3.90. The Kier molecular flexibility index (Phi) is 6.23. The monoisotopic (exact) mass is 316 g/mol. The molecule has 23 heavy (non-hydrogen) atoms. The van der Waals surface area contributed by atoms with Crippen LogP contribution < -0.4 is 10.1 Å². The largest absolute Gasteiger partial charge is 0.484 e. The standard InChI is InChI=1S/C18H24N2O3/c1-4-14-7-9-15(10-8-14)23-13-18(21)19-12-16(20(2)3)17-6-5-11-22-17/h5-11,16H,4,12-13H2,1-3H3,(H,19,21)/t16-/m0/s1. The van der Waals surface area contributed by atoms with Crippen molar-refractivity contribution in [3.05, 3.63) is 54.0 Å². The van der Waals surface area contributed by atoms with Gasteiger partial charge in [-0.05, 0) is 50.3 Å². The van der Waals surface area contributed by atoms with Crippen LogP contribution in [0.1, 0.15) is 24.3 Å². The number of likely N-dealkylation sites (N-methyl/N-ethyl adjacent to an activating group) is 1. The molecule has 124 valence electrons. The summed E-state index contributed by atoms with van der Waals surface area (Å²) in [4.78, 5) is 14.0. The third kappa shape index (κ3) is 5.14. The molecule has 0 radical (unpaired) electrons. The molecular weight excluding hydrogens is 292 g/mol. The molecule has 0 aliphatic heterocycles. The van der Waals surface area contributed by atoms with Crippen LogP contribution in [0.25, 0.3) is 0 Å². The summed E-state index contributed by atoms with van der Waals surface area (Å²) in [6.45, 7) is 2.57. The molecule has 0 aliphatic rings. The topological polar surface area (TPSA) is 54.7 Å². The summed E-state index contributed by atoms with van der Waals surface area (Å²) in [5.41, 5.74) is 1.24. The predicted molar refractivity (Wildman–Crippen MR) is 89.5 cm³/mol. The van der Waals surface area contributed by atoms with E-state index in [1.54, 1.807) is 6.26 Å². The summed E-state index contributed by atoms with van der Waals surface area (Å²) in [6.07, 6.45) is 2.62. The smallest absolute Gasteiger partial charge is 0.258 e. The molecule has 1 amide bonds. The number of ether oxygens (including phenoxy) is 1. The quantitative estimate of drug-likeness (QED) is 0.813. The Labute approximate surface area is 137 Å². The summed E-state index contributed by atoms with van der Waals surface area (Å²) >= 11 is 0. The highest BCUT2D eigenvalue weighted by molar-refractivity contribution is 5.77. The van der Waals surface area contributed by atoms with Crippen molar-refractivity contribution in [3.8, 4) is 5.75 Å². The Morgan fingerprint density at radius 2 is 2.00 bits per heavy atom. The van der Waals surface area contributed by atoms with E-state index in [0.717, 1.165) is 12.2 Å². The van der Waals surface area contributed by atoms with E-state index in [0.29, 0.717) is 12.3 Å². The van der Waals surface area contributed by atoms with E-state index < -0.39 is 0 Å². The number of carbonyl (C=O) groups is 1. The number of benzene rings is 1. The van der Waals surface area contributed by atoms with Crippen LogP contribution in [0.15, 0.2) is 47.1 Å². The highest BCUT2D eigenvalue weighted by Crippen LogP contribution is 2.17. The van der Waals surface area contributed by atoms with E-state index >= 15 is 0 Å². The fourth-order valence-corrected chi connectivity index (χ4v) is 2.25. The number of aryl methyl sites for hydroxylation is 1. The Morgan fingerprint density at radius 3 is 2.57 bits per heavy atom. The number of hydrogen-bond acceptors (Lipinski definition) is 4. The van der Waals surface area contributed by atoms with Gasteiger partial charge in [0.25, 0.3) is 5.91 Å². The lowest BCUT2D eigenvalue weighted by atomic mass is 10.2. The Bertz CT molecular complexity index is 591. The number of nitrogens with zero attached hydrogens (tertiary/aromatic N) is 1. The lowest BCUT2D eigenvalue weighted by molar-refractivity contribution is -0.123. The van der Waals surface area contributed by atoms with Crippen molar-refractivity contribution in [2.24, 2.45) is 0 Å².